The van der Waals surface area contributed by atoms with E-state index in [1.165, 1.54) is 12.1 Å². The molecule has 0 amide bonds. The van der Waals surface area contributed by atoms with Gasteiger partial charge in [-0.1, -0.05) is 0 Å². The first kappa shape index (κ1) is 13.6. The number of aliphatic hydroxyl groups excluding tert-OH is 3. The van der Waals surface area contributed by atoms with E-state index >= 15 is 0 Å². The molecular weight excluding hydrogens is 258 g/mol. The number of aromatic nitrogens is 1. The molecule has 4 atom stereocenters. The quantitative estimate of drug-likeness (QED) is 0.397. The first-order valence-electron chi connectivity index (χ1n) is 5.52. The van der Waals surface area contributed by atoms with Gasteiger partial charge in [0.05, 0.1) is 11.5 Å². The van der Waals surface area contributed by atoms with E-state index < -0.39 is 36.1 Å². The normalized spacial score (nSPS) is 30.3. The average Bonchev–Trinajstić information content (AvgIpc) is 2.67. The fourth-order valence-corrected chi connectivity index (χ4v) is 1.74. The summed E-state index contributed by atoms with van der Waals surface area (Å²) in [6.07, 6.45) is -3.20. The molecule has 4 N–H and O–H groups in total. The lowest BCUT2D eigenvalue weighted by molar-refractivity contribution is -0.385. The maximum Gasteiger partial charge on any atom is 0.287 e. The van der Waals surface area contributed by atoms with Gasteiger partial charge in [0.25, 0.3) is 5.69 Å². The highest BCUT2D eigenvalue weighted by atomic mass is 16.6. The number of nitro groups is 1. The molecule has 1 aromatic rings. The largest absolute Gasteiger partial charge is 0.394 e. The van der Waals surface area contributed by atoms with Crippen molar-refractivity contribution in [2.45, 2.75) is 24.5 Å². The summed E-state index contributed by atoms with van der Waals surface area (Å²) in [7, 11) is 0. The summed E-state index contributed by atoms with van der Waals surface area (Å²) in [5.41, 5.74) is -0.160. The van der Waals surface area contributed by atoms with Crippen molar-refractivity contribution in [2.24, 2.45) is 0 Å². The number of pyridine rings is 1. The Labute approximate surface area is 107 Å². The van der Waals surface area contributed by atoms with Crippen molar-refractivity contribution in [3.63, 3.8) is 0 Å². The van der Waals surface area contributed by atoms with E-state index in [2.05, 4.69) is 10.3 Å². The molecule has 1 aliphatic heterocycles. The van der Waals surface area contributed by atoms with Crippen LogP contribution in [0.5, 0.6) is 0 Å². The number of ether oxygens (including phenoxy) is 1. The molecule has 0 bridgehead atoms. The van der Waals surface area contributed by atoms with Crippen LogP contribution in [0.25, 0.3) is 0 Å². The number of rotatable bonds is 4. The third kappa shape index (κ3) is 2.79. The van der Waals surface area contributed by atoms with Gasteiger partial charge in [-0.25, -0.2) is 4.98 Å². The third-order valence-corrected chi connectivity index (χ3v) is 2.79. The maximum absolute atomic E-state index is 10.5. The van der Waals surface area contributed by atoms with E-state index in [1.807, 2.05) is 0 Å². The second-order valence-corrected chi connectivity index (χ2v) is 4.06. The molecule has 1 aromatic heterocycles. The van der Waals surface area contributed by atoms with E-state index in [4.69, 9.17) is 9.84 Å². The molecule has 9 heteroatoms. The van der Waals surface area contributed by atoms with E-state index in [0.29, 0.717) is 0 Å². The standard InChI is InChI=1S/C10H13N3O6/c14-4-6-8(15)9(16)10(19-6)12-7-2-1-5(3-11-7)13(17)18/h1-3,6,8-10,14-16H,4H2,(H,11,12)/t6-,8-,9-,10?/m1/s1. The second kappa shape index (κ2) is 5.45. The summed E-state index contributed by atoms with van der Waals surface area (Å²) in [4.78, 5) is 13.7. The first-order chi connectivity index (χ1) is 9.02. The van der Waals surface area contributed by atoms with Crippen LogP contribution in [0.15, 0.2) is 18.3 Å². The number of anilines is 1. The molecule has 1 unspecified atom stereocenters. The number of nitrogens with one attached hydrogen (secondary N) is 1. The summed E-state index contributed by atoms with van der Waals surface area (Å²) >= 11 is 0. The smallest absolute Gasteiger partial charge is 0.287 e. The average molecular weight is 271 g/mol. The molecule has 2 rings (SSSR count). The Balaban J connectivity index is 2.03. The number of aliphatic hydroxyl groups is 3. The van der Waals surface area contributed by atoms with E-state index in [9.17, 15) is 20.3 Å². The number of hydrogen-bond acceptors (Lipinski definition) is 8. The summed E-state index contributed by atoms with van der Waals surface area (Å²) in [5.74, 6) is 0.250. The Morgan fingerprint density at radius 2 is 2.16 bits per heavy atom. The summed E-state index contributed by atoms with van der Waals surface area (Å²) in [6.45, 7) is -0.426. The lowest BCUT2D eigenvalue weighted by atomic mass is 10.1. The van der Waals surface area contributed by atoms with E-state index in [-0.39, 0.29) is 11.5 Å². The SMILES string of the molecule is O=[N+]([O-])c1ccc(NC2O[C@H](CO)[C@@H](O)[C@H]2O)nc1. The maximum atomic E-state index is 10.5. The van der Waals surface area contributed by atoms with E-state index in [0.717, 1.165) is 6.20 Å². The van der Waals surface area contributed by atoms with Crippen molar-refractivity contribution in [1.29, 1.82) is 0 Å². The molecule has 1 fully saturated rings. The minimum absolute atomic E-state index is 0.160. The molecule has 0 saturated carbocycles. The van der Waals surface area contributed by atoms with Crippen molar-refractivity contribution in [3.05, 3.63) is 28.4 Å². The van der Waals surface area contributed by atoms with Gasteiger partial charge in [0.15, 0.2) is 6.23 Å². The van der Waals surface area contributed by atoms with Gasteiger partial charge in [0.1, 0.15) is 30.3 Å². The minimum Gasteiger partial charge on any atom is -0.394 e. The van der Waals surface area contributed by atoms with Crippen molar-refractivity contribution in [1.82, 2.24) is 4.98 Å². The summed E-state index contributed by atoms with van der Waals surface area (Å²) < 4.78 is 5.18. The Bertz CT molecular complexity index is 453. The monoisotopic (exact) mass is 271 g/mol. The molecular formula is C10H13N3O6. The van der Waals surface area contributed by atoms with E-state index in [1.54, 1.807) is 0 Å². The topological polar surface area (TPSA) is 138 Å². The van der Waals surface area contributed by atoms with Crippen LogP contribution in [-0.4, -0.2) is 56.4 Å². The van der Waals surface area contributed by atoms with Crippen LogP contribution >= 0.6 is 0 Å². The molecule has 0 aliphatic carbocycles. The van der Waals surface area contributed by atoms with Gasteiger partial charge < -0.3 is 25.4 Å². The van der Waals surface area contributed by atoms with Crippen LogP contribution < -0.4 is 5.32 Å². The Morgan fingerprint density at radius 1 is 1.42 bits per heavy atom. The fraction of sp³-hybridized carbons (Fsp3) is 0.500. The fourth-order valence-electron chi connectivity index (χ4n) is 1.74. The molecule has 0 spiro atoms. The molecule has 9 nitrogen and oxygen atoms in total. The van der Waals surface area contributed by atoms with Gasteiger partial charge in [-0.3, -0.25) is 10.1 Å². The molecule has 2 heterocycles. The molecule has 0 radical (unpaired) electrons. The second-order valence-electron chi connectivity index (χ2n) is 4.06. The predicted octanol–water partition coefficient (Wildman–Crippen LogP) is -1.16. The van der Waals surface area contributed by atoms with Gasteiger partial charge in [0.2, 0.25) is 0 Å². The van der Waals surface area contributed by atoms with Crippen LogP contribution in [0.4, 0.5) is 11.5 Å². The Kier molecular flexibility index (Phi) is 3.90. The van der Waals surface area contributed by atoms with Gasteiger partial charge in [0, 0.05) is 6.07 Å². The van der Waals surface area contributed by atoms with Gasteiger partial charge >= 0.3 is 0 Å². The predicted molar refractivity (Wildman–Crippen MR) is 62.3 cm³/mol. The summed E-state index contributed by atoms with van der Waals surface area (Å²) in [5, 5.41) is 41.3. The van der Waals surface area contributed by atoms with Crippen molar-refractivity contribution in [2.75, 3.05) is 11.9 Å². The highest BCUT2D eigenvalue weighted by molar-refractivity contribution is 5.40. The van der Waals surface area contributed by atoms with Gasteiger partial charge in [-0.2, -0.15) is 0 Å². The zero-order valence-electron chi connectivity index (χ0n) is 9.71. The number of nitrogens with zero attached hydrogens (tertiary/aromatic N) is 2. The van der Waals surface area contributed by atoms with Gasteiger partial charge in [-0.15, -0.1) is 0 Å². The third-order valence-electron chi connectivity index (χ3n) is 2.79. The summed E-state index contributed by atoms with van der Waals surface area (Å²) in [6, 6.07) is 2.60. The van der Waals surface area contributed by atoms with Crippen LogP contribution in [0.2, 0.25) is 0 Å². The highest BCUT2D eigenvalue weighted by Crippen LogP contribution is 2.22. The zero-order valence-corrected chi connectivity index (χ0v) is 9.71. The minimum atomic E-state index is -1.23. The number of hydrogen-bond donors (Lipinski definition) is 4. The van der Waals surface area contributed by atoms with Crippen molar-refractivity contribution < 1.29 is 25.0 Å². The van der Waals surface area contributed by atoms with Crippen LogP contribution in [0.1, 0.15) is 0 Å². The first-order valence-corrected chi connectivity index (χ1v) is 5.52. The zero-order chi connectivity index (χ0) is 14.0. The molecule has 0 aromatic carbocycles. The van der Waals surface area contributed by atoms with Crippen LogP contribution in [-0.2, 0) is 4.74 Å². The van der Waals surface area contributed by atoms with Crippen LogP contribution in [0.3, 0.4) is 0 Å². The Hall–Kier alpha value is -1.81. The van der Waals surface area contributed by atoms with Gasteiger partial charge in [-0.05, 0) is 6.07 Å². The Morgan fingerprint density at radius 3 is 2.63 bits per heavy atom. The lowest BCUT2D eigenvalue weighted by Gasteiger charge is -2.16. The lowest BCUT2D eigenvalue weighted by Crippen LogP contribution is -2.36. The molecule has 1 aliphatic rings. The van der Waals surface area contributed by atoms with Crippen molar-refractivity contribution in [3.8, 4) is 0 Å². The van der Waals surface area contributed by atoms with Crippen molar-refractivity contribution >= 4 is 11.5 Å². The molecule has 104 valence electrons. The molecule has 1 saturated heterocycles. The van der Waals surface area contributed by atoms with Crippen LogP contribution in [0, 0.1) is 10.1 Å². The highest BCUT2D eigenvalue weighted by Gasteiger charge is 2.42. The molecule has 19 heavy (non-hydrogen) atoms.